The van der Waals surface area contributed by atoms with Crippen molar-refractivity contribution in [3.05, 3.63) is 65.0 Å². The van der Waals surface area contributed by atoms with Crippen molar-refractivity contribution in [2.75, 3.05) is 6.54 Å². The first-order chi connectivity index (χ1) is 20.8. The van der Waals surface area contributed by atoms with Gasteiger partial charge >= 0.3 is 18.0 Å². The summed E-state index contributed by atoms with van der Waals surface area (Å²) in [5.41, 5.74) is -7.91. The lowest BCUT2D eigenvalue weighted by atomic mass is 9.47. The molecule has 0 aromatic heterocycles. The quantitative estimate of drug-likeness (QED) is 0.333. The number of ketones is 1. The number of fused-ring (bicyclic) bond motifs is 3. The van der Waals surface area contributed by atoms with Crippen molar-refractivity contribution in [1.82, 2.24) is 4.90 Å². The molecule has 244 valence electrons. The van der Waals surface area contributed by atoms with Gasteiger partial charge < -0.3 is 4.90 Å². The number of aryl methyl sites for hydroxylation is 1. The van der Waals surface area contributed by atoms with Crippen molar-refractivity contribution in [3.63, 3.8) is 0 Å². The number of amides is 1. The van der Waals surface area contributed by atoms with E-state index in [2.05, 4.69) is 0 Å². The highest BCUT2D eigenvalue weighted by molar-refractivity contribution is 7.92. The molecule has 14 heteroatoms. The van der Waals surface area contributed by atoms with Gasteiger partial charge in [0.1, 0.15) is 16.3 Å². The standard InChI is InChI=1S/C31H29F8NO4S/c1-17(41)19-13-27(14-19)15-20(16-27)26(42)40-10-9-28(45(43,44)23-4-2-3-22(32)12-23)24-7-6-21(11-18(24)5-8-25(28)40)29(33,30(34,35)36)31(37,38)39/h2-4,6-7,11-12,19-20,25H,5,8-10,13-16H2,1H3. The Hall–Kier alpha value is -3.03. The molecular formula is C31H29F8NO4S. The Labute approximate surface area is 253 Å². The zero-order valence-electron chi connectivity index (χ0n) is 23.9. The van der Waals surface area contributed by atoms with Crippen molar-refractivity contribution in [1.29, 1.82) is 0 Å². The van der Waals surface area contributed by atoms with E-state index < -0.39 is 60.8 Å². The summed E-state index contributed by atoms with van der Waals surface area (Å²) in [5, 5.41) is 0. The molecule has 45 heavy (non-hydrogen) atoms. The molecular weight excluding hydrogens is 634 g/mol. The molecule has 1 spiro atoms. The molecule has 2 aromatic carbocycles. The first-order valence-electron chi connectivity index (χ1n) is 14.5. The van der Waals surface area contributed by atoms with Gasteiger partial charge in [0.25, 0.3) is 0 Å². The van der Waals surface area contributed by atoms with E-state index >= 15 is 4.39 Å². The monoisotopic (exact) mass is 663 g/mol. The van der Waals surface area contributed by atoms with E-state index in [0.29, 0.717) is 37.8 Å². The van der Waals surface area contributed by atoms with Gasteiger partial charge in [-0.15, -0.1) is 0 Å². The van der Waals surface area contributed by atoms with Gasteiger partial charge in [-0.1, -0.05) is 24.3 Å². The van der Waals surface area contributed by atoms with E-state index in [1.807, 2.05) is 0 Å². The average molecular weight is 664 g/mol. The summed E-state index contributed by atoms with van der Waals surface area (Å²) in [6.07, 6.45) is -10.9. The van der Waals surface area contributed by atoms with Crippen molar-refractivity contribution in [2.24, 2.45) is 17.3 Å². The van der Waals surface area contributed by atoms with Crippen LogP contribution in [0, 0.1) is 23.1 Å². The minimum atomic E-state index is -6.36. The van der Waals surface area contributed by atoms with Crippen LogP contribution in [-0.2, 0) is 36.3 Å². The lowest BCUT2D eigenvalue weighted by molar-refractivity contribution is -0.348. The zero-order valence-corrected chi connectivity index (χ0v) is 24.8. The highest BCUT2D eigenvalue weighted by Gasteiger charge is 2.74. The number of benzene rings is 2. The number of likely N-dealkylation sites (tertiary alicyclic amines) is 1. The zero-order chi connectivity index (χ0) is 33.0. The molecule has 1 aliphatic heterocycles. The smallest absolute Gasteiger partial charge is 0.337 e. The summed E-state index contributed by atoms with van der Waals surface area (Å²) in [4.78, 5) is 26.5. The van der Waals surface area contributed by atoms with Crippen LogP contribution in [-0.4, -0.2) is 49.9 Å². The summed E-state index contributed by atoms with van der Waals surface area (Å²) >= 11 is 0. The summed E-state index contributed by atoms with van der Waals surface area (Å²) in [6.45, 7) is 1.45. The maximum atomic E-state index is 15.0. The lowest BCUT2D eigenvalue weighted by Crippen LogP contribution is -2.57. The number of hydrogen-bond acceptors (Lipinski definition) is 4. The molecule has 6 rings (SSSR count). The van der Waals surface area contributed by atoms with Gasteiger partial charge in [-0.3, -0.25) is 9.59 Å². The predicted octanol–water partition coefficient (Wildman–Crippen LogP) is 6.73. The Morgan fingerprint density at radius 2 is 1.51 bits per heavy atom. The third-order valence-corrected chi connectivity index (χ3v) is 13.1. The fraction of sp³-hybridized carbons (Fsp3) is 0.548. The molecule has 0 bridgehead atoms. The number of alkyl halides is 7. The molecule has 2 unspecified atom stereocenters. The fourth-order valence-corrected chi connectivity index (χ4v) is 10.7. The van der Waals surface area contributed by atoms with Crippen molar-refractivity contribution >= 4 is 21.5 Å². The van der Waals surface area contributed by atoms with Gasteiger partial charge in [-0.25, -0.2) is 17.2 Å². The molecule has 0 N–H and O–H groups in total. The lowest BCUT2D eigenvalue weighted by Gasteiger charge is -2.57. The Morgan fingerprint density at radius 1 is 0.889 bits per heavy atom. The van der Waals surface area contributed by atoms with Crippen LogP contribution < -0.4 is 0 Å². The highest BCUT2D eigenvalue weighted by atomic mass is 32.2. The van der Waals surface area contributed by atoms with Crippen molar-refractivity contribution < 1.29 is 53.1 Å². The van der Waals surface area contributed by atoms with E-state index in [1.165, 1.54) is 11.8 Å². The summed E-state index contributed by atoms with van der Waals surface area (Å²) in [6, 6.07) is 4.51. The minimum Gasteiger partial charge on any atom is -0.337 e. The van der Waals surface area contributed by atoms with Crippen LogP contribution in [0.5, 0.6) is 0 Å². The van der Waals surface area contributed by atoms with Crippen LogP contribution in [0.4, 0.5) is 35.1 Å². The number of carbonyl (C=O) groups is 2. The second-order valence-electron chi connectivity index (χ2n) is 13.0. The fourth-order valence-electron chi connectivity index (χ4n) is 8.34. The molecule has 2 saturated carbocycles. The number of nitrogens with zero attached hydrogens (tertiary/aromatic N) is 1. The van der Waals surface area contributed by atoms with Gasteiger partial charge in [-0.2, -0.15) is 26.3 Å². The number of sulfone groups is 1. The van der Waals surface area contributed by atoms with Crippen molar-refractivity contribution in [3.8, 4) is 0 Å². The van der Waals surface area contributed by atoms with E-state index in [1.54, 1.807) is 0 Å². The van der Waals surface area contributed by atoms with E-state index in [0.717, 1.165) is 30.3 Å². The van der Waals surface area contributed by atoms with Crippen LogP contribution in [0.2, 0.25) is 0 Å². The third kappa shape index (κ3) is 4.47. The van der Waals surface area contributed by atoms with Crippen LogP contribution in [0.15, 0.2) is 47.4 Å². The molecule has 4 aliphatic rings. The molecule has 3 fully saturated rings. The van der Waals surface area contributed by atoms with Crippen molar-refractivity contribution in [2.45, 2.75) is 85.6 Å². The molecule has 0 radical (unpaired) electrons. The summed E-state index contributed by atoms with van der Waals surface area (Å²) < 4.78 is 137. The first-order valence-corrected chi connectivity index (χ1v) is 16.0. The van der Waals surface area contributed by atoms with Crippen LogP contribution in [0.25, 0.3) is 0 Å². The number of carbonyl (C=O) groups excluding carboxylic acids is 2. The van der Waals surface area contributed by atoms with Gasteiger partial charge in [-0.05, 0) is 86.6 Å². The van der Waals surface area contributed by atoms with E-state index in [-0.39, 0.29) is 60.0 Å². The molecule has 1 heterocycles. The van der Waals surface area contributed by atoms with Gasteiger partial charge in [0.2, 0.25) is 5.91 Å². The topological polar surface area (TPSA) is 71.5 Å². The first kappa shape index (κ1) is 31.9. The normalized spacial score (nSPS) is 29.9. The Balaban J connectivity index is 1.41. The molecule has 1 amide bonds. The molecule has 3 aliphatic carbocycles. The maximum Gasteiger partial charge on any atom is 0.435 e. The summed E-state index contributed by atoms with van der Waals surface area (Å²) in [7, 11) is -4.63. The van der Waals surface area contributed by atoms with Gasteiger partial charge in [0, 0.05) is 23.9 Å². The second kappa shape index (κ2) is 9.98. The Bertz CT molecular complexity index is 1660. The third-order valence-electron chi connectivity index (χ3n) is 10.6. The van der Waals surface area contributed by atoms with E-state index in [4.69, 9.17) is 0 Å². The number of Topliss-reactive ketones (excluding diaryl/α,β-unsaturated/α-hetero) is 1. The molecule has 2 atom stereocenters. The maximum absolute atomic E-state index is 15.0. The van der Waals surface area contributed by atoms with Crippen LogP contribution >= 0.6 is 0 Å². The number of hydrogen-bond donors (Lipinski definition) is 0. The Kier molecular flexibility index (Phi) is 7.08. The van der Waals surface area contributed by atoms with Crippen LogP contribution in [0.1, 0.15) is 62.1 Å². The highest BCUT2D eigenvalue weighted by Crippen LogP contribution is 2.63. The summed E-state index contributed by atoms with van der Waals surface area (Å²) in [5.74, 6) is -1.59. The largest absolute Gasteiger partial charge is 0.435 e. The van der Waals surface area contributed by atoms with Crippen LogP contribution in [0.3, 0.4) is 0 Å². The Morgan fingerprint density at radius 3 is 2.09 bits per heavy atom. The molecule has 2 aromatic rings. The van der Waals surface area contributed by atoms with Gasteiger partial charge in [0.05, 0.1) is 10.9 Å². The minimum absolute atomic E-state index is 0.0469. The van der Waals surface area contributed by atoms with Gasteiger partial charge in [0.15, 0.2) is 9.84 Å². The average Bonchev–Trinajstić information content (AvgIpc) is 3.31. The van der Waals surface area contributed by atoms with E-state index in [9.17, 15) is 48.7 Å². The number of halogens is 8. The predicted molar refractivity (Wildman–Crippen MR) is 144 cm³/mol. The SMILES string of the molecule is CC(=O)C1CC2(C1)CC(C(=O)N1CCC3(S(=O)(=O)c4cccc(F)c4)c4ccc(C(F)(C(F)(F)F)C(F)(F)F)cc4CCC13)C2. The second-order valence-corrected chi connectivity index (χ2v) is 15.2. The molecule has 1 saturated heterocycles. The number of rotatable bonds is 5. The molecule has 5 nitrogen and oxygen atoms in total.